The molecule has 0 aliphatic rings. The van der Waals surface area contributed by atoms with Crippen LogP contribution in [0.25, 0.3) is 0 Å². The van der Waals surface area contributed by atoms with Gasteiger partial charge in [-0.25, -0.2) is 0 Å². The second kappa shape index (κ2) is 6.82. The fourth-order valence-corrected chi connectivity index (χ4v) is 2.06. The molecule has 0 aliphatic heterocycles. The highest BCUT2D eigenvalue weighted by Crippen LogP contribution is 2.28. The quantitative estimate of drug-likeness (QED) is 0.849. The van der Waals surface area contributed by atoms with Crippen molar-refractivity contribution in [1.82, 2.24) is 0 Å². The molecule has 2 aromatic carbocycles. The first-order valence-corrected chi connectivity index (χ1v) is 6.43. The molecule has 0 saturated carbocycles. The molecule has 106 valence electrons. The molecule has 0 aliphatic carbocycles. The Balaban J connectivity index is 2.19. The molecule has 0 amide bonds. The van der Waals surface area contributed by atoms with E-state index in [9.17, 15) is 5.11 Å². The van der Waals surface area contributed by atoms with E-state index in [1.165, 1.54) is 0 Å². The van der Waals surface area contributed by atoms with Crippen LogP contribution in [0.15, 0.2) is 48.5 Å². The van der Waals surface area contributed by atoms with Crippen LogP contribution >= 0.6 is 0 Å². The lowest BCUT2D eigenvalue weighted by Gasteiger charge is -2.20. The van der Waals surface area contributed by atoms with Crippen molar-refractivity contribution in [2.75, 3.05) is 26.1 Å². The number of rotatable bonds is 6. The summed E-state index contributed by atoms with van der Waals surface area (Å²) >= 11 is 0. The van der Waals surface area contributed by atoms with Crippen LogP contribution in [0.1, 0.15) is 11.6 Å². The van der Waals surface area contributed by atoms with Crippen molar-refractivity contribution in [2.45, 2.75) is 6.04 Å². The molecule has 1 unspecified atom stereocenters. The smallest absolute Gasteiger partial charge is 0.124 e. The van der Waals surface area contributed by atoms with Gasteiger partial charge < -0.3 is 19.9 Å². The minimum atomic E-state index is -0.223. The van der Waals surface area contributed by atoms with Crippen LogP contribution in [0.2, 0.25) is 0 Å². The Morgan fingerprint density at radius 3 is 2.30 bits per heavy atom. The monoisotopic (exact) mass is 273 g/mol. The van der Waals surface area contributed by atoms with Crippen LogP contribution in [-0.4, -0.2) is 25.9 Å². The van der Waals surface area contributed by atoms with Crippen LogP contribution in [0, 0.1) is 0 Å². The second-order valence-electron chi connectivity index (χ2n) is 4.35. The topological polar surface area (TPSA) is 50.7 Å². The Hall–Kier alpha value is -2.20. The lowest BCUT2D eigenvalue weighted by atomic mass is 10.1. The van der Waals surface area contributed by atoms with Gasteiger partial charge >= 0.3 is 0 Å². The molecule has 1 atom stereocenters. The zero-order chi connectivity index (χ0) is 14.4. The van der Waals surface area contributed by atoms with E-state index in [1.807, 2.05) is 48.5 Å². The molecule has 0 fully saturated rings. The lowest BCUT2D eigenvalue weighted by molar-refractivity contribution is 0.273. The normalized spacial score (nSPS) is 11.8. The number of aliphatic hydroxyl groups excluding tert-OH is 1. The molecule has 2 aromatic rings. The molecule has 20 heavy (non-hydrogen) atoms. The minimum Gasteiger partial charge on any atom is -0.497 e. The van der Waals surface area contributed by atoms with Gasteiger partial charge in [-0.2, -0.15) is 0 Å². The highest BCUT2D eigenvalue weighted by molar-refractivity contribution is 5.50. The van der Waals surface area contributed by atoms with Gasteiger partial charge in [-0.05, 0) is 30.3 Å². The molecule has 0 radical (unpaired) electrons. The molecular weight excluding hydrogens is 254 g/mol. The molecule has 0 heterocycles. The highest BCUT2D eigenvalue weighted by Gasteiger charge is 2.14. The summed E-state index contributed by atoms with van der Waals surface area (Å²) in [6.07, 6.45) is 0. The standard InChI is InChI=1S/C16H19NO3/c1-19-13-9-7-12(8-10-13)17-15(11-18)14-5-3-4-6-16(14)20-2/h3-10,15,17-18H,11H2,1-2H3. The number of ether oxygens (including phenoxy) is 2. The predicted molar refractivity (Wildman–Crippen MR) is 79.4 cm³/mol. The van der Waals surface area contributed by atoms with Gasteiger partial charge in [0.25, 0.3) is 0 Å². The summed E-state index contributed by atoms with van der Waals surface area (Å²) in [6.45, 7) is -0.0214. The molecule has 2 rings (SSSR count). The molecular formula is C16H19NO3. The zero-order valence-electron chi connectivity index (χ0n) is 11.7. The van der Waals surface area contributed by atoms with Crippen LogP contribution < -0.4 is 14.8 Å². The van der Waals surface area contributed by atoms with Crippen molar-refractivity contribution in [3.8, 4) is 11.5 Å². The van der Waals surface area contributed by atoms with Crippen molar-refractivity contribution in [1.29, 1.82) is 0 Å². The predicted octanol–water partition coefficient (Wildman–Crippen LogP) is 2.85. The Morgan fingerprint density at radius 2 is 1.70 bits per heavy atom. The summed E-state index contributed by atoms with van der Waals surface area (Å²) < 4.78 is 10.5. The van der Waals surface area contributed by atoms with E-state index < -0.39 is 0 Å². The van der Waals surface area contributed by atoms with Gasteiger partial charge in [-0.3, -0.25) is 0 Å². The summed E-state index contributed by atoms with van der Waals surface area (Å²) in [5.74, 6) is 1.56. The fraction of sp³-hybridized carbons (Fsp3) is 0.250. The molecule has 0 aromatic heterocycles. The number of anilines is 1. The summed E-state index contributed by atoms with van der Waals surface area (Å²) in [7, 11) is 3.26. The number of benzene rings is 2. The van der Waals surface area contributed by atoms with Crippen LogP contribution in [0.4, 0.5) is 5.69 Å². The van der Waals surface area contributed by atoms with Gasteiger partial charge in [0.05, 0.1) is 26.9 Å². The number of hydrogen-bond acceptors (Lipinski definition) is 4. The summed E-state index contributed by atoms with van der Waals surface area (Å²) in [5, 5.41) is 12.9. The van der Waals surface area contributed by atoms with E-state index in [1.54, 1.807) is 14.2 Å². The van der Waals surface area contributed by atoms with E-state index >= 15 is 0 Å². The third kappa shape index (κ3) is 3.22. The van der Waals surface area contributed by atoms with Crippen LogP contribution in [0.5, 0.6) is 11.5 Å². The van der Waals surface area contributed by atoms with Gasteiger partial charge in [0.1, 0.15) is 11.5 Å². The summed E-state index contributed by atoms with van der Waals surface area (Å²) in [4.78, 5) is 0. The van der Waals surface area contributed by atoms with Gasteiger partial charge in [0, 0.05) is 11.3 Å². The van der Waals surface area contributed by atoms with Gasteiger partial charge in [-0.15, -0.1) is 0 Å². The molecule has 0 spiro atoms. The van der Waals surface area contributed by atoms with E-state index in [0.29, 0.717) is 0 Å². The zero-order valence-corrected chi connectivity index (χ0v) is 11.7. The first kappa shape index (κ1) is 14.2. The Labute approximate surface area is 119 Å². The third-order valence-corrected chi connectivity index (χ3v) is 3.13. The second-order valence-corrected chi connectivity index (χ2v) is 4.35. The van der Waals surface area contributed by atoms with Crippen molar-refractivity contribution >= 4 is 5.69 Å². The number of hydrogen-bond donors (Lipinski definition) is 2. The lowest BCUT2D eigenvalue weighted by Crippen LogP contribution is -2.15. The van der Waals surface area contributed by atoms with E-state index in [4.69, 9.17) is 9.47 Å². The van der Waals surface area contributed by atoms with Crippen molar-refractivity contribution < 1.29 is 14.6 Å². The van der Waals surface area contributed by atoms with Crippen molar-refractivity contribution in [3.05, 3.63) is 54.1 Å². The molecule has 0 bridgehead atoms. The van der Waals surface area contributed by atoms with Crippen LogP contribution in [-0.2, 0) is 0 Å². The maximum Gasteiger partial charge on any atom is 0.124 e. The minimum absolute atomic E-state index is 0.0214. The number of methoxy groups -OCH3 is 2. The van der Waals surface area contributed by atoms with Crippen LogP contribution in [0.3, 0.4) is 0 Å². The molecule has 0 saturated heterocycles. The number of nitrogens with one attached hydrogen (secondary N) is 1. The fourth-order valence-electron chi connectivity index (χ4n) is 2.06. The SMILES string of the molecule is COc1ccc(NC(CO)c2ccccc2OC)cc1. The number of para-hydroxylation sites is 1. The van der Waals surface area contributed by atoms with Crippen molar-refractivity contribution in [2.24, 2.45) is 0 Å². The van der Waals surface area contributed by atoms with Gasteiger partial charge in [-0.1, -0.05) is 18.2 Å². The van der Waals surface area contributed by atoms with E-state index in [2.05, 4.69) is 5.32 Å². The summed E-state index contributed by atoms with van der Waals surface area (Å²) in [6, 6.07) is 15.0. The van der Waals surface area contributed by atoms with E-state index in [0.717, 1.165) is 22.7 Å². The first-order valence-electron chi connectivity index (χ1n) is 6.43. The first-order chi connectivity index (χ1) is 9.78. The molecule has 4 heteroatoms. The third-order valence-electron chi connectivity index (χ3n) is 3.13. The average Bonchev–Trinajstić information content (AvgIpc) is 2.53. The maximum absolute atomic E-state index is 9.62. The number of aliphatic hydroxyl groups is 1. The Kier molecular flexibility index (Phi) is 4.85. The van der Waals surface area contributed by atoms with Gasteiger partial charge in [0.2, 0.25) is 0 Å². The molecule has 4 nitrogen and oxygen atoms in total. The highest BCUT2D eigenvalue weighted by atomic mass is 16.5. The largest absolute Gasteiger partial charge is 0.497 e. The maximum atomic E-state index is 9.62. The average molecular weight is 273 g/mol. The summed E-state index contributed by atoms with van der Waals surface area (Å²) in [5.41, 5.74) is 1.84. The van der Waals surface area contributed by atoms with Crippen molar-refractivity contribution in [3.63, 3.8) is 0 Å². The molecule has 2 N–H and O–H groups in total. The Bertz CT molecular complexity index is 540. The van der Waals surface area contributed by atoms with Gasteiger partial charge in [0.15, 0.2) is 0 Å². The van der Waals surface area contributed by atoms with E-state index in [-0.39, 0.29) is 12.6 Å². The Morgan fingerprint density at radius 1 is 1.00 bits per heavy atom.